The van der Waals surface area contributed by atoms with Gasteiger partial charge in [0.15, 0.2) is 0 Å². The second-order valence-corrected chi connectivity index (χ2v) is 5.56. The molecule has 3 aromatic rings. The van der Waals surface area contributed by atoms with Crippen LogP contribution in [0.15, 0.2) is 103 Å². The summed E-state index contributed by atoms with van der Waals surface area (Å²) in [6.45, 7) is 18.7. The Morgan fingerprint density at radius 1 is 0.367 bits per heavy atom. The van der Waals surface area contributed by atoms with E-state index in [1.165, 1.54) is 18.4 Å². The molecule has 0 spiro atoms. The summed E-state index contributed by atoms with van der Waals surface area (Å²) in [5, 5.41) is 0. The van der Waals surface area contributed by atoms with Gasteiger partial charge in [-0.25, -0.2) is 0 Å². The van der Waals surface area contributed by atoms with E-state index in [4.69, 9.17) is 0 Å². The van der Waals surface area contributed by atoms with Gasteiger partial charge in [0.05, 0.1) is 0 Å². The Morgan fingerprint density at radius 3 is 0.667 bits per heavy atom. The highest BCUT2D eigenvalue weighted by atomic mass is 13.9. The molecular formula is C30H50. The SMILES string of the molecule is CC.CC.CCC.CCC.CCc1ccccc1.c1ccccc1.c1ccccc1. The van der Waals surface area contributed by atoms with Crippen LogP contribution < -0.4 is 0 Å². The highest BCUT2D eigenvalue weighted by molar-refractivity contribution is 5.13. The minimum absolute atomic E-state index is 1.14. The minimum atomic E-state index is 1.14. The molecule has 0 nitrogen and oxygen atoms in total. The van der Waals surface area contributed by atoms with E-state index in [1.54, 1.807) is 0 Å². The van der Waals surface area contributed by atoms with Gasteiger partial charge in [0.2, 0.25) is 0 Å². The summed E-state index contributed by atoms with van der Waals surface area (Å²) in [6, 6.07) is 34.5. The molecule has 170 valence electrons. The summed E-state index contributed by atoms with van der Waals surface area (Å²) in [7, 11) is 0. The molecule has 0 atom stereocenters. The van der Waals surface area contributed by atoms with Crippen LogP contribution in [0.1, 0.15) is 80.7 Å². The highest BCUT2D eigenvalue weighted by Gasteiger charge is 1.79. The first-order valence-electron chi connectivity index (χ1n) is 11.8. The fourth-order valence-corrected chi connectivity index (χ4v) is 1.48. The van der Waals surface area contributed by atoms with Crippen molar-refractivity contribution in [3.05, 3.63) is 109 Å². The average Bonchev–Trinajstić information content (AvgIpc) is 2.86. The molecule has 0 aliphatic heterocycles. The molecule has 0 N–H and O–H groups in total. The molecule has 0 aliphatic carbocycles. The molecule has 0 unspecified atom stereocenters. The summed E-state index contributed by atoms with van der Waals surface area (Å²) in [5.41, 5.74) is 1.41. The Labute approximate surface area is 190 Å². The summed E-state index contributed by atoms with van der Waals surface area (Å²) in [6.07, 6.45) is 3.64. The van der Waals surface area contributed by atoms with Gasteiger partial charge in [-0.05, 0) is 12.0 Å². The van der Waals surface area contributed by atoms with Gasteiger partial charge in [-0.2, -0.15) is 0 Å². The van der Waals surface area contributed by atoms with Crippen molar-refractivity contribution in [2.24, 2.45) is 0 Å². The van der Waals surface area contributed by atoms with E-state index in [1.807, 2.05) is 107 Å². The topological polar surface area (TPSA) is 0 Å². The third-order valence-electron chi connectivity index (χ3n) is 2.58. The molecule has 0 saturated carbocycles. The van der Waals surface area contributed by atoms with Crippen molar-refractivity contribution >= 4 is 0 Å². The molecule has 0 fully saturated rings. The van der Waals surface area contributed by atoms with E-state index in [0.717, 1.165) is 6.42 Å². The van der Waals surface area contributed by atoms with Crippen LogP contribution in [0.25, 0.3) is 0 Å². The Hall–Kier alpha value is -2.34. The lowest BCUT2D eigenvalue weighted by Gasteiger charge is -1.89. The molecule has 0 aliphatic rings. The second kappa shape index (κ2) is 41.1. The Kier molecular flexibility index (Phi) is 48.1. The van der Waals surface area contributed by atoms with Gasteiger partial charge in [0.1, 0.15) is 0 Å². The summed E-state index contributed by atoms with van der Waals surface area (Å²) in [4.78, 5) is 0. The van der Waals surface area contributed by atoms with Crippen molar-refractivity contribution in [1.29, 1.82) is 0 Å². The van der Waals surface area contributed by atoms with Crippen LogP contribution in [0.5, 0.6) is 0 Å². The van der Waals surface area contributed by atoms with E-state index in [9.17, 15) is 0 Å². The van der Waals surface area contributed by atoms with Crippen molar-refractivity contribution in [2.45, 2.75) is 81.6 Å². The first kappa shape index (κ1) is 35.1. The quantitative estimate of drug-likeness (QED) is 0.374. The van der Waals surface area contributed by atoms with Crippen molar-refractivity contribution in [3.8, 4) is 0 Å². The van der Waals surface area contributed by atoms with Gasteiger partial charge in [-0.3, -0.25) is 0 Å². The van der Waals surface area contributed by atoms with Gasteiger partial charge in [0.25, 0.3) is 0 Å². The molecule has 0 radical (unpaired) electrons. The third kappa shape index (κ3) is 40.4. The second-order valence-electron chi connectivity index (χ2n) is 5.56. The number of aryl methyl sites for hydroxylation is 1. The van der Waals surface area contributed by atoms with Crippen LogP contribution in [-0.2, 0) is 6.42 Å². The highest BCUT2D eigenvalue weighted by Crippen LogP contribution is 1.96. The number of rotatable bonds is 1. The zero-order chi connectivity index (χ0) is 23.7. The van der Waals surface area contributed by atoms with Crippen molar-refractivity contribution in [2.75, 3.05) is 0 Å². The first-order chi connectivity index (χ1) is 14.8. The monoisotopic (exact) mass is 410 g/mol. The number of hydrogen-bond acceptors (Lipinski definition) is 0. The minimum Gasteiger partial charge on any atom is -0.0683 e. The summed E-state index contributed by atoms with van der Waals surface area (Å²) < 4.78 is 0. The zero-order valence-corrected chi connectivity index (χ0v) is 21.4. The fourth-order valence-electron chi connectivity index (χ4n) is 1.48. The molecule has 0 amide bonds. The standard InChI is InChI=1S/C8H10.2C6H6.2C3H8.2C2H6/c1-2-8-6-4-3-5-7-8;2*1-2-4-6-5-3-1;2*1-3-2;2*1-2/h3-7H,2H2,1H3;2*1-6H;2*3H2,1-2H3;2*1-2H3. The summed E-state index contributed by atoms with van der Waals surface area (Å²) >= 11 is 0. The average molecular weight is 411 g/mol. The van der Waals surface area contributed by atoms with Crippen LogP contribution in [0.4, 0.5) is 0 Å². The lowest BCUT2D eigenvalue weighted by molar-refractivity contribution is 1.09. The van der Waals surface area contributed by atoms with E-state index >= 15 is 0 Å². The molecule has 30 heavy (non-hydrogen) atoms. The molecule has 3 aromatic carbocycles. The molecule has 0 heterocycles. The maximum Gasteiger partial charge on any atom is -0.0307 e. The van der Waals surface area contributed by atoms with E-state index in [2.05, 4.69) is 58.9 Å². The maximum absolute atomic E-state index is 2.16. The predicted octanol–water partition coefficient (Wildman–Crippen LogP) is 10.5. The van der Waals surface area contributed by atoms with Gasteiger partial charge in [0, 0.05) is 0 Å². The Balaban J connectivity index is -0.000000141. The van der Waals surface area contributed by atoms with Crippen molar-refractivity contribution in [1.82, 2.24) is 0 Å². The third-order valence-corrected chi connectivity index (χ3v) is 2.58. The first-order valence-corrected chi connectivity index (χ1v) is 11.8. The van der Waals surface area contributed by atoms with E-state index < -0.39 is 0 Å². The lowest BCUT2D eigenvalue weighted by Crippen LogP contribution is -1.73. The smallest absolute Gasteiger partial charge is 0.0307 e. The molecule has 0 bridgehead atoms. The summed E-state index contributed by atoms with van der Waals surface area (Å²) in [5.74, 6) is 0. The molecule has 3 rings (SSSR count). The fraction of sp³-hybridized carbons (Fsp3) is 0.400. The van der Waals surface area contributed by atoms with Crippen molar-refractivity contribution in [3.63, 3.8) is 0 Å². The van der Waals surface area contributed by atoms with Crippen LogP contribution in [0, 0.1) is 0 Å². The van der Waals surface area contributed by atoms with Gasteiger partial charge < -0.3 is 0 Å². The number of benzene rings is 3. The van der Waals surface area contributed by atoms with E-state index in [-0.39, 0.29) is 0 Å². The molecule has 0 heteroatoms. The van der Waals surface area contributed by atoms with Crippen molar-refractivity contribution < 1.29 is 0 Å². The molecule has 0 aromatic heterocycles. The Morgan fingerprint density at radius 2 is 0.533 bits per heavy atom. The van der Waals surface area contributed by atoms with Crippen LogP contribution in [0.2, 0.25) is 0 Å². The molecule has 0 saturated heterocycles. The maximum atomic E-state index is 2.16. The number of hydrogen-bond donors (Lipinski definition) is 0. The van der Waals surface area contributed by atoms with Crippen LogP contribution >= 0.6 is 0 Å². The van der Waals surface area contributed by atoms with Gasteiger partial charge >= 0.3 is 0 Å². The lowest BCUT2D eigenvalue weighted by atomic mass is 10.2. The van der Waals surface area contributed by atoms with Crippen LogP contribution in [0.3, 0.4) is 0 Å². The van der Waals surface area contributed by atoms with Crippen LogP contribution in [-0.4, -0.2) is 0 Å². The van der Waals surface area contributed by atoms with Gasteiger partial charge in [-0.15, -0.1) is 0 Å². The van der Waals surface area contributed by atoms with E-state index in [0.29, 0.717) is 0 Å². The molecular weight excluding hydrogens is 360 g/mol. The van der Waals surface area contributed by atoms with Gasteiger partial charge in [-0.1, -0.05) is 178 Å². The largest absolute Gasteiger partial charge is 0.0683 e. The Bertz CT molecular complexity index is 442. The zero-order valence-electron chi connectivity index (χ0n) is 21.4. The predicted molar refractivity (Wildman–Crippen MR) is 143 cm³/mol. The normalized spacial score (nSPS) is 7.23.